The number of nitrogens with zero attached hydrogens (tertiary/aromatic N) is 3. The van der Waals surface area contributed by atoms with Crippen LogP contribution >= 0.6 is 23.5 Å². The average molecular weight is 432 g/mol. The summed E-state index contributed by atoms with van der Waals surface area (Å²) in [6.45, 7) is 3.85. The minimum absolute atomic E-state index is 0.00912. The van der Waals surface area contributed by atoms with Gasteiger partial charge in [-0.2, -0.15) is 11.8 Å². The van der Waals surface area contributed by atoms with Crippen LogP contribution in [0.25, 0.3) is 5.69 Å². The van der Waals surface area contributed by atoms with E-state index in [0.29, 0.717) is 28.0 Å². The molecule has 2 heterocycles. The van der Waals surface area contributed by atoms with Crippen LogP contribution in [0.15, 0.2) is 40.0 Å². The summed E-state index contributed by atoms with van der Waals surface area (Å²) in [7, 11) is 1.35. The smallest absolute Gasteiger partial charge is 0.337 e. The molecule has 7 nitrogen and oxygen atoms in total. The Bertz CT molecular complexity index is 1030. The Kier molecular flexibility index (Phi) is 6.81. The summed E-state index contributed by atoms with van der Waals surface area (Å²) in [5.41, 5.74) is 3.77. The van der Waals surface area contributed by atoms with Crippen molar-refractivity contribution in [3.63, 3.8) is 0 Å². The van der Waals surface area contributed by atoms with Crippen LogP contribution in [0.3, 0.4) is 0 Å². The molecule has 0 spiro atoms. The number of esters is 1. The first-order valence-electron chi connectivity index (χ1n) is 8.79. The number of aryl methyl sites for hydroxylation is 1. The van der Waals surface area contributed by atoms with E-state index in [2.05, 4.69) is 10.2 Å². The predicted octanol–water partition coefficient (Wildman–Crippen LogP) is 4.10. The van der Waals surface area contributed by atoms with Crippen molar-refractivity contribution in [1.29, 1.82) is 0 Å². The Morgan fingerprint density at radius 3 is 2.55 bits per heavy atom. The maximum absolute atomic E-state index is 12.8. The zero-order valence-corrected chi connectivity index (χ0v) is 18.2. The van der Waals surface area contributed by atoms with Gasteiger partial charge in [0.15, 0.2) is 5.78 Å². The molecule has 0 atom stereocenters. The van der Waals surface area contributed by atoms with Crippen molar-refractivity contribution in [2.45, 2.75) is 24.8 Å². The molecule has 3 aromatic rings. The molecular formula is C20H21N3O4S2. The molecule has 0 saturated carbocycles. The number of methoxy groups -OCH3 is 1. The average Bonchev–Trinajstić information content (AvgIpc) is 3.29. The predicted molar refractivity (Wildman–Crippen MR) is 113 cm³/mol. The molecule has 2 aromatic heterocycles. The molecule has 0 unspecified atom stereocenters. The molecule has 3 rings (SSSR count). The first-order chi connectivity index (χ1) is 13.9. The molecule has 0 aliphatic rings. The summed E-state index contributed by atoms with van der Waals surface area (Å²) in [5.74, 6) is 1.03. The third kappa shape index (κ3) is 4.73. The number of ether oxygens (including phenoxy) is 1. The van der Waals surface area contributed by atoms with Crippen molar-refractivity contribution in [1.82, 2.24) is 14.8 Å². The molecule has 0 N–H and O–H groups in total. The molecule has 0 saturated heterocycles. The van der Waals surface area contributed by atoms with Crippen LogP contribution in [0.5, 0.6) is 0 Å². The van der Waals surface area contributed by atoms with E-state index < -0.39 is 0 Å². The van der Waals surface area contributed by atoms with E-state index >= 15 is 0 Å². The van der Waals surface area contributed by atoms with Gasteiger partial charge in [0, 0.05) is 22.6 Å². The van der Waals surface area contributed by atoms with Crippen LogP contribution in [-0.2, 0) is 10.5 Å². The number of carbonyl (C=O) groups is 2. The van der Waals surface area contributed by atoms with E-state index in [1.54, 1.807) is 23.9 Å². The topological polar surface area (TPSA) is 87.2 Å². The highest BCUT2D eigenvalue weighted by atomic mass is 32.2. The molecule has 0 amide bonds. The fraction of sp³-hybridized carbons (Fsp3) is 0.300. The van der Waals surface area contributed by atoms with Crippen LogP contribution in [0.4, 0.5) is 0 Å². The first-order valence-corrected chi connectivity index (χ1v) is 11.2. The number of benzene rings is 1. The van der Waals surface area contributed by atoms with Crippen LogP contribution in [0, 0.1) is 13.8 Å². The molecule has 152 valence electrons. The van der Waals surface area contributed by atoms with Gasteiger partial charge in [-0.15, -0.1) is 10.2 Å². The van der Waals surface area contributed by atoms with E-state index in [9.17, 15) is 9.59 Å². The second kappa shape index (κ2) is 9.32. The Balaban J connectivity index is 1.75. The van der Waals surface area contributed by atoms with E-state index in [4.69, 9.17) is 9.15 Å². The van der Waals surface area contributed by atoms with Gasteiger partial charge in [-0.1, -0.05) is 11.8 Å². The highest BCUT2D eigenvalue weighted by Gasteiger charge is 2.18. The maximum atomic E-state index is 12.8. The number of aromatic nitrogens is 3. The van der Waals surface area contributed by atoms with Gasteiger partial charge in [-0.3, -0.25) is 4.79 Å². The molecule has 0 bridgehead atoms. The lowest BCUT2D eigenvalue weighted by Crippen LogP contribution is -2.06. The van der Waals surface area contributed by atoms with Crippen LogP contribution in [-0.4, -0.2) is 45.6 Å². The molecule has 9 heteroatoms. The quantitative estimate of drug-likeness (QED) is 0.299. The second-order valence-corrected chi connectivity index (χ2v) is 8.06. The van der Waals surface area contributed by atoms with E-state index in [-0.39, 0.29) is 17.5 Å². The van der Waals surface area contributed by atoms with Gasteiger partial charge >= 0.3 is 5.97 Å². The van der Waals surface area contributed by atoms with Gasteiger partial charge in [-0.05, 0) is 50.4 Å². The number of hydrogen-bond acceptors (Lipinski definition) is 8. The number of hydrogen-bond donors (Lipinski definition) is 0. The molecule has 0 radical (unpaired) electrons. The fourth-order valence-corrected chi connectivity index (χ4v) is 4.02. The lowest BCUT2D eigenvalue weighted by atomic mass is 10.2. The Morgan fingerprint density at radius 2 is 1.90 bits per heavy atom. The van der Waals surface area contributed by atoms with E-state index in [1.807, 2.05) is 42.9 Å². The van der Waals surface area contributed by atoms with Crippen LogP contribution in [0.1, 0.15) is 38.0 Å². The monoisotopic (exact) mass is 431 g/mol. The molecule has 29 heavy (non-hydrogen) atoms. The molecule has 1 aromatic carbocycles. The standard InChI is InChI=1S/C20H21N3O4S2/c1-12-9-16(17(24)10-29-20-22-21-18(27-20)11-28-4)13(2)23(12)15-7-5-14(6-8-15)19(25)26-3/h5-9H,10-11H2,1-4H3. The highest BCUT2D eigenvalue weighted by molar-refractivity contribution is 7.99. The normalized spacial score (nSPS) is 10.9. The number of Topliss-reactive ketones (excluding diaryl/α,β-unsaturated/α-hetero) is 1. The number of ketones is 1. The Morgan fingerprint density at radius 1 is 1.17 bits per heavy atom. The molecule has 0 fully saturated rings. The summed E-state index contributed by atoms with van der Waals surface area (Å²) in [5, 5.41) is 8.31. The van der Waals surface area contributed by atoms with Crippen molar-refractivity contribution in [3.8, 4) is 5.69 Å². The summed E-state index contributed by atoms with van der Waals surface area (Å²) in [6.07, 6.45) is 1.96. The van der Waals surface area contributed by atoms with Crippen molar-refractivity contribution < 1.29 is 18.7 Å². The second-order valence-electron chi connectivity index (χ2n) is 6.27. The Labute approximate surface area is 177 Å². The number of carbonyl (C=O) groups excluding carboxylic acids is 2. The number of rotatable bonds is 8. The SMILES string of the molecule is COC(=O)c1ccc(-n2c(C)cc(C(=O)CSc3nnc(CSC)o3)c2C)cc1. The van der Waals surface area contributed by atoms with Crippen LogP contribution in [0.2, 0.25) is 0 Å². The van der Waals surface area contributed by atoms with Crippen molar-refractivity contribution in [2.24, 2.45) is 0 Å². The van der Waals surface area contributed by atoms with Gasteiger partial charge in [0.25, 0.3) is 5.22 Å². The third-order valence-electron chi connectivity index (χ3n) is 4.32. The fourth-order valence-electron chi connectivity index (χ4n) is 2.99. The lowest BCUT2D eigenvalue weighted by molar-refractivity contribution is 0.0600. The van der Waals surface area contributed by atoms with Gasteiger partial charge in [0.1, 0.15) is 0 Å². The summed E-state index contributed by atoms with van der Waals surface area (Å²) in [4.78, 5) is 24.4. The van der Waals surface area contributed by atoms with Crippen molar-refractivity contribution in [2.75, 3.05) is 19.1 Å². The zero-order chi connectivity index (χ0) is 21.0. The maximum Gasteiger partial charge on any atom is 0.337 e. The van der Waals surface area contributed by atoms with Crippen LogP contribution < -0.4 is 0 Å². The lowest BCUT2D eigenvalue weighted by Gasteiger charge is -2.10. The Hall–Kier alpha value is -2.52. The van der Waals surface area contributed by atoms with E-state index in [0.717, 1.165) is 17.1 Å². The molecule has 0 aliphatic heterocycles. The first kappa shape index (κ1) is 21.2. The third-order valence-corrected chi connectivity index (χ3v) is 5.68. The summed E-state index contributed by atoms with van der Waals surface area (Å²) in [6, 6.07) is 8.96. The van der Waals surface area contributed by atoms with Crippen molar-refractivity contribution in [3.05, 3.63) is 58.7 Å². The van der Waals surface area contributed by atoms with Gasteiger partial charge < -0.3 is 13.7 Å². The molecule has 0 aliphatic carbocycles. The van der Waals surface area contributed by atoms with E-state index in [1.165, 1.54) is 18.9 Å². The van der Waals surface area contributed by atoms with Gasteiger partial charge in [0.2, 0.25) is 5.89 Å². The minimum atomic E-state index is -0.382. The highest BCUT2D eigenvalue weighted by Crippen LogP contribution is 2.25. The minimum Gasteiger partial charge on any atom is -0.465 e. The number of thioether (sulfide) groups is 2. The largest absolute Gasteiger partial charge is 0.465 e. The van der Waals surface area contributed by atoms with Crippen molar-refractivity contribution >= 4 is 35.3 Å². The summed E-state index contributed by atoms with van der Waals surface area (Å²) >= 11 is 2.83. The van der Waals surface area contributed by atoms with Gasteiger partial charge in [0.05, 0.1) is 24.2 Å². The van der Waals surface area contributed by atoms with Gasteiger partial charge in [-0.25, -0.2) is 4.79 Å². The summed E-state index contributed by atoms with van der Waals surface area (Å²) < 4.78 is 12.2. The zero-order valence-electron chi connectivity index (χ0n) is 16.6. The molecular weight excluding hydrogens is 410 g/mol.